The van der Waals surface area contributed by atoms with Crippen LogP contribution in [-0.4, -0.2) is 23.9 Å². The first-order valence-electron chi connectivity index (χ1n) is 10.5. The lowest BCUT2D eigenvalue weighted by Crippen LogP contribution is -2.29. The Morgan fingerprint density at radius 3 is 2.45 bits per heavy atom. The van der Waals surface area contributed by atoms with E-state index < -0.39 is 12.0 Å². The van der Waals surface area contributed by atoms with Crippen LogP contribution in [-0.2, 0) is 11.3 Å². The van der Waals surface area contributed by atoms with E-state index in [-0.39, 0.29) is 29.2 Å². The maximum absolute atomic E-state index is 13.6. The normalized spacial score (nSPS) is 15.2. The molecule has 5 rings (SSSR count). The van der Waals surface area contributed by atoms with Gasteiger partial charge in [0.1, 0.15) is 11.3 Å². The van der Waals surface area contributed by atoms with Crippen LogP contribution in [0.2, 0.25) is 0 Å². The fourth-order valence-electron chi connectivity index (χ4n) is 4.27. The van der Waals surface area contributed by atoms with Crippen molar-refractivity contribution in [1.82, 2.24) is 4.90 Å². The first-order valence-corrected chi connectivity index (χ1v) is 10.5. The molecule has 0 spiro atoms. The van der Waals surface area contributed by atoms with Crippen LogP contribution in [0.1, 0.15) is 55.0 Å². The first-order chi connectivity index (χ1) is 15.9. The van der Waals surface area contributed by atoms with E-state index in [9.17, 15) is 14.4 Å². The van der Waals surface area contributed by atoms with Crippen LogP contribution in [0.15, 0.2) is 68.4 Å². The molecule has 0 saturated carbocycles. The highest BCUT2D eigenvalue weighted by Gasteiger charge is 2.43. The van der Waals surface area contributed by atoms with E-state index >= 15 is 0 Å². The largest absolute Gasteiger partial charge is 0.467 e. The molecule has 7 heteroatoms. The lowest BCUT2D eigenvalue weighted by molar-refractivity contribution is 0.0599. The minimum atomic E-state index is -0.688. The average Bonchev–Trinajstić information content (AvgIpc) is 3.42. The van der Waals surface area contributed by atoms with Gasteiger partial charge in [-0.05, 0) is 66.9 Å². The molecule has 1 aliphatic rings. The molecule has 166 valence electrons. The molecular weight excluding hydrogens is 422 g/mol. The van der Waals surface area contributed by atoms with E-state index in [1.54, 1.807) is 53.4 Å². The zero-order valence-corrected chi connectivity index (χ0v) is 18.4. The molecule has 2 aromatic carbocycles. The minimum absolute atomic E-state index is 0.0318. The minimum Gasteiger partial charge on any atom is -0.467 e. The number of carbonyl (C=O) groups excluding carboxylic acids is 2. The highest BCUT2D eigenvalue weighted by Crippen LogP contribution is 2.39. The van der Waals surface area contributed by atoms with Gasteiger partial charge in [0.25, 0.3) is 5.91 Å². The summed E-state index contributed by atoms with van der Waals surface area (Å²) in [4.78, 5) is 40.5. The van der Waals surface area contributed by atoms with Crippen LogP contribution < -0.4 is 5.43 Å². The Kier molecular flexibility index (Phi) is 4.89. The van der Waals surface area contributed by atoms with E-state index in [0.717, 1.165) is 11.1 Å². The van der Waals surface area contributed by atoms with E-state index in [1.165, 1.54) is 13.4 Å². The third kappa shape index (κ3) is 3.33. The molecule has 0 bridgehead atoms. The van der Waals surface area contributed by atoms with E-state index in [1.807, 2.05) is 13.8 Å². The van der Waals surface area contributed by atoms with Crippen molar-refractivity contribution in [2.45, 2.75) is 26.4 Å². The Hall–Kier alpha value is -4.13. The topological polar surface area (TPSA) is 90.0 Å². The molecular formula is C26H21NO6. The lowest BCUT2D eigenvalue weighted by atomic mass is 9.96. The number of nitrogens with zero attached hydrogens (tertiary/aromatic N) is 1. The second-order valence-corrected chi connectivity index (χ2v) is 8.14. The highest BCUT2D eigenvalue weighted by atomic mass is 16.5. The summed E-state index contributed by atoms with van der Waals surface area (Å²) in [7, 11) is 1.31. The molecule has 1 aliphatic heterocycles. The number of esters is 1. The number of aryl methyl sites for hydroxylation is 2. The number of hydrogen-bond donors (Lipinski definition) is 0. The van der Waals surface area contributed by atoms with Gasteiger partial charge in [-0.3, -0.25) is 9.59 Å². The van der Waals surface area contributed by atoms with Gasteiger partial charge in [-0.2, -0.15) is 0 Å². The van der Waals surface area contributed by atoms with Gasteiger partial charge in [-0.25, -0.2) is 4.79 Å². The Morgan fingerprint density at radius 2 is 1.79 bits per heavy atom. The predicted molar refractivity (Wildman–Crippen MR) is 120 cm³/mol. The molecule has 0 radical (unpaired) electrons. The molecule has 0 N–H and O–H groups in total. The van der Waals surface area contributed by atoms with E-state index in [4.69, 9.17) is 13.6 Å². The molecule has 2 aromatic heterocycles. The van der Waals surface area contributed by atoms with Gasteiger partial charge < -0.3 is 18.5 Å². The molecule has 1 amide bonds. The zero-order chi connectivity index (χ0) is 23.3. The molecule has 0 unspecified atom stereocenters. The Balaban J connectivity index is 1.71. The molecule has 3 heterocycles. The average molecular weight is 443 g/mol. The SMILES string of the molecule is COC(=O)c1ccc([C@H]2c3c(oc4cc(C)c(C)cc4c3=O)C(=O)N2Cc2ccco2)cc1. The zero-order valence-electron chi connectivity index (χ0n) is 18.4. The third-order valence-electron chi connectivity index (χ3n) is 6.14. The van der Waals surface area contributed by atoms with Crippen molar-refractivity contribution in [2.75, 3.05) is 7.11 Å². The Labute approximate surface area is 189 Å². The van der Waals surface area contributed by atoms with Crippen molar-refractivity contribution >= 4 is 22.8 Å². The van der Waals surface area contributed by atoms with Crippen LogP contribution in [0.5, 0.6) is 0 Å². The number of methoxy groups -OCH3 is 1. The van der Waals surface area contributed by atoms with E-state index in [2.05, 4.69) is 0 Å². The summed E-state index contributed by atoms with van der Waals surface area (Å²) in [6.07, 6.45) is 1.53. The number of amides is 1. The summed E-state index contributed by atoms with van der Waals surface area (Å²) >= 11 is 0. The molecule has 1 atom stereocenters. The molecule has 0 saturated heterocycles. The van der Waals surface area contributed by atoms with Crippen LogP contribution in [0.3, 0.4) is 0 Å². The summed E-state index contributed by atoms with van der Waals surface area (Å²) in [6, 6.07) is 13.1. The van der Waals surface area contributed by atoms with Crippen LogP contribution in [0.4, 0.5) is 0 Å². The molecule has 33 heavy (non-hydrogen) atoms. The summed E-state index contributed by atoms with van der Waals surface area (Å²) in [6.45, 7) is 4.02. The Bertz CT molecular complexity index is 1450. The molecule has 4 aromatic rings. The van der Waals surface area contributed by atoms with Gasteiger partial charge in [0.2, 0.25) is 5.76 Å². The smallest absolute Gasteiger partial charge is 0.337 e. The number of hydrogen-bond acceptors (Lipinski definition) is 6. The van der Waals surface area contributed by atoms with Gasteiger partial charge in [-0.15, -0.1) is 0 Å². The third-order valence-corrected chi connectivity index (χ3v) is 6.14. The number of rotatable bonds is 4. The second kappa shape index (κ2) is 7.78. The van der Waals surface area contributed by atoms with Crippen LogP contribution in [0.25, 0.3) is 11.0 Å². The monoisotopic (exact) mass is 443 g/mol. The van der Waals surface area contributed by atoms with Gasteiger partial charge in [0, 0.05) is 0 Å². The lowest BCUT2D eigenvalue weighted by Gasteiger charge is -2.24. The van der Waals surface area contributed by atoms with Crippen molar-refractivity contribution < 1.29 is 23.2 Å². The van der Waals surface area contributed by atoms with Crippen molar-refractivity contribution in [3.8, 4) is 0 Å². The van der Waals surface area contributed by atoms with Gasteiger partial charge in [0.15, 0.2) is 5.43 Å². The fraction of sp³-hybridized carbons (Fsp3) is 0.192. The maximum atomic E-state index is 13.6. The predicted octanol–water partition coefficient (Wildman–Crippen LogP) is 4.53. The summed E-state index contributed by atoms with van der Waals surface area (Å²) in [5.41, 5.74) is 3.41. The van der Waals surface area contributed by atoms with E-state index in [0.29, 0.717) is 27.9 Å². The van der Waals surface area contributed by atoms with Crippen molar-refractivity contribution in [3.63, 3.8) is 0 Å². The molecule has 0 aliphatic carbocycles. The highest BCUT2D eigenvalue weighted by molar-refractivity contribution is 5.99. The standard InChI is InChI=1S/C26H21NO6/c1-14-11-19-20(12-15(14)2)33-24-21(23(19)28)22(16-6-8-17(9-7-16)26(30)31-3)27(25(24)29)13-18-5-4-10-32-18/h4-12,22H,13H2,1-3H3/t22-/m0/s1. The number of furan rings is 1. The van der Waals surface area contributed by atoms with Gasteiger partial charge >= 0.3 is 5.97 Å². The second-order valence-electron chi connectivity index (χ2n) is 8.14. The number of carbonyl (C=O) groups is 2. The molecule has 7 nitrogen and oxygen atoms in total. The summed E-state index contributed by atoms with van der Waals surface area (Å²) < 4.78 is 16.3. The van der Waals surface area contributed by atoms with Crippen LogP contribution in [0, 0.1) is 13.8 Å². The quantitative estimate of drug-likeness (QED) is 0.431. The van der Waals surface area contributed by atoms with Crippen LogP contribution >= 0.6 is 0 Å². The molecule has 0 fully saturated rings. The van der Waals surface area contributed by atoms with Gasteiger partial charge in [0.05, 0.1) is 42.5 Å². The summed E-state index contributed by atoms with van der Waals surface area (Å²) in [5.74, 6) is -0.241. The first kappa shape index (κ1) is 20.8. The Morgan fingerprint density at radius 1 is 1.06 bits per heavy atom. The number of ether oxygens (including phenoxy) is 1. The number of benzene rings is 2. The fourth-order valence-corrected chi connectivity index (χ4v) is 4.27. The van der Waals surface area contributed by atoms with Crippen molar-refractivity contribution in [2.24, 2.45) is 0 Å². The maximum Gasteiger partial charge on any atom is 0.337 e. The summed E-state index contributed by atoms with van der Waals surface area (Å²) in [5, 5.41) is 0.431. The van der Waals surface area contributed by atoms with Crippen molar-refractivity contribution in [3.05, 3.63) is 104 Å². The number of fused-ring (bicyclic) bond motifs is 2. The van der Waals surface area contributed by atoms with Crippen molar-refractivity contribution in [1.29, 1.82) is 0 Å². The van der Waals surface area contributed by atoms with Gasteiger partial charge in [-0.1, -0.05) is 12.1 Å².